The second kappa shape index (κ2) is 6.42. The number of fused-ring (bicyclic) bond motifs is 1. The van der Waals surface area contributed by atoms with Gasteiger partial charge in [-0.05, 0) is 31.5 Å². The number of nitrogens with one attached hydrogen (secondary N) is 1. The van der Waals surface area contributed by atoms with E-state index in [1.807, 2.05) is 36.7 Å². The number of anilines is 2. The molecule has 0 radical (unpaired) electrons. The average molecular weight is 314 g/mol. The summed E-state index contributed by atoms with van der Waals surface area (Å²) in [5.41, 5.74) is 4.27. The van der Waals surface area contributed by atoms with Gasteiger partial charge in [0.25, 0.3) is 0 Å². The maximum Gasteiger partial charge on any atom is 0.210 e. The van der Waals surface area contributed by atoms with E-state index in [1.165, 1.54) is 5.56 Å². The summed E-state index contributed by atoms with van der Waals surface area (Å²) in [5.74, 6) is 0.762. The van der Waals surface area contributed by atoms with Crippen LogP contribution in [0.2, 0.25) is 0 Å². The van der Waals surface area contributed by atoms with Gasteiger partial charge in [-0.1, -0.05) is 12.1 Å². The van der Waals surface area contributed by atoms with Crippen molar-refractivity contribution in [3.63, 3.8) is 0 Å². The lowest BCUT2D eigenvalue weighted by Gasteiger charge is -2.25. The van der Waals surface area contributed by atoms with Gasteiger partial charge in [0.15, 0.2) is 5.82 Å². The lowest BCUT2D eigenvalue weighted by Crippen LogP contribution is -2.30. The summed E-state index contributed by atoms with van der Waals surface area (Å²) in [5, 5.41) is 17.5. The van der Waals surface area contributed by atoms with Crippen LogP contribution in [0.3, 0.4) is 0 Å². The first-order valence-electron chi connectivity index (χ1n) is 7.86. The molecule has 1 aliphatic rings. The van der Waals surface area contributed by atoms with Gasteiger partial charge in [0.1, 0.15) is 0 Å². The fraction of sp³-hybridized carbons (Fsp3) is 0.412. The average Bonchev–Trinajstić information content (AvgIpc) is 2.92. The third kappa shape index (κ3) is 3.07. The fourth-order valence-electron chi connectivity index (χ4n) is 2.96. The number of nitrogens with zero attached hydrogens (tertiary/aromatic N) is 3. The van der Waals surface area contributed by atoms with E-state index in [4.69, 9.17) is 0 Å². The van der Waals surface area contributed by atoms with Crippen molar-refractivity contribution in [3.05, 3.63) is 41.1 Å². The van der Waals surface area contributed by atoms with Crippen LogP contribution in [-0.4, -0.2) is 39.3 Å². The highest BCUT2D eigenvalue weighted by Crippen LogP contribution is 2.30. The highest BCUT2D eigenvalue weighted by atomic mass is 16.3. The highest BCUT2D eigenvalue weighted by Gasteiger charge is 2.26. The Morgan fingerprint density at radius 3 is 3.00 bits per heavy atom. The number of benzene rings is 1. The van der Waals surface area contributed by atoms with Crippen LogP contribution in [0.5, 0.6) is 0 Å². The summed E-state index contributed by atoms with van der Waals surface area (Å²) in [4.78, 5) is 12.9. The van der Waals surface area contributed by atoms with Crippen molar-refractivity contribution >= 4 is 17.9 Å². The molecule has 1 aromatic heterocycles. The van der Waals surface area contributed by atoms with Crippen LogP contribution < -0.4 is 5.32 Å². The van der Waals surface area contributed by atoms with Gasteiger partial charge in [0.2, 0.25) is 6.41 Å². The second-order valence-corrected chi connectivity index (χ2v) is 6.07. The molecule has 6 nitrogen and oxygen atoms in total. The predicted molar refractivity (Wildman–Crippen MR) is 88.7 cm³/mol. The molecule has 0 aliphatic carbocycles. The molecular weight excluding hydrogens is 292 g/mol. The fourth-order valence-corrected chi connectivity index (χ4v) is 2.96. The molecule has 6 heteroatoms. The molecule has 122 valence electrons. The molecule has 2 heterocycles. The zero-order valence-corrected chi connectivity index (χ0v) is 13.5. The second-order valence-electron chi connectivity index (χ2n) is 6.07. The number of amides is 1. The van der Waals surface area contributed by atoms with Gasteiger partial charge in [-0.15, -0.1) is 0 Å². The standard InChI is InChI=1S/C17H22N4O2/c1-12-4-3-5-14(8-12)18-17-15-9-20(11-23)7-6-16(15)21(19-17)13(2)10-22/h3-5,8,11,13,22H,6-7,9-10H2,1-2H3,(H,18,19). The minimum absolute atomic E-state index is 0.0371. The lowest BCUT2D eigenvalue weighted by atomic mass is 10.1. The molecule has 0 bridgehead atoms. The van der Waals surface area contributed by atoms with Crippen molar-refractivity contribution < 1.29 is 9.90 Å². The number of aliphatic hydroxyl groups excluding tert-OH is 1. The Labute approximate surface area is 135 Å². The van der Waals surface area contributed by atoms with Crippen molar-refractivity contribution in [3.8, 4) is 0 Å². The predicted octanol–water partition coefficient (Wildman–Crippen LogP) is 2.00. The molecule has 0 saturated heterocycles. The maximum atomic E-state index is 11.1. The quantitative estimate of drug-likeness (QED) is 0.828. The van der Waals surface area contributed by atoms with E-state index < -0.39 is 0 Å². The summed E-state index contributed by atoms with van der Waals surface area (Å²) in [6.45, 7) is 5.25. The molecule has 2 aromatic rings. The Morgan fingerprint density at radius 1 is 1.48 bits per heavy atom. The zero-order valence-electron chi connectivity index (χ0n) is 13.5. The smallest absolute Gasteiger partial charge is 0.210 e. The summed E-state index contributed by atoms with van der Waals surface area (Å²) in [6, 6.07) is 8.01. The lowest BCUT2D eigenvalue weighted by molar-refractivity contribution is -0.118. The molecule has 0 spiro atoms. The molecule has 1 unspecified atom stereocenters. The van der Waals surface area contributed by atoms with Gasteiger partial charge in [-0.2, -0.15) is 5.10 Å². The van der Waals surface area contributed by atoms with E-state index in [0.717, 1.165) is 35.6 Å². The largest absolute Gasteiger partial charge is 0.394 e. The Kier molecular flexibility index (Phi) is 4.34. The molecule has 1 atom stereocenters. The summed E-state index contributed by atoms with van der Waals surface area (Å²) in [7, 11) is 0. The van der Waals surface area contributed by atoms with Crippen LogP contribution in [0.4, 0.5) is 11.5 Å². The summed E-state index contributed by atoms with van der Waals surface area (Å²) in [6.07, 6.45) is 1.63. The topological polar surface area (TPSA) is 70.4 Å². The Balaban J connectivity index is 1.98. The third-order valence-electron chi connectivity index (χ3n) is 4.23. The van der Waals surface area contributed by atoms with Crippen molar-refractivity contribution in [2.24, 2.45) is 0 Å². The Morgan fingerprint density at radius 2 is 2.30 bits per heavy atom. The molecule has 2 N–H and O–H groups in total. The molecular formula is C17H22N4O2. The molecule has 0 saturated carbocycles. The van der Waals surface area contributed by atoms with Crippen LogP contribution in [-0.2, 0) is 17.8 Å². The number of carbonyl (C=O) groups is 1. The van der Waals surface area contributed by atoms with E-state index in [2.05, 4.69) is 16.5 Å². The van der Waals surface area contributed by atoms with E-state index in [1.54, 1.807) is 4.90 Å². The van der Waals surface area contributed by atoms with Gasteiger partial charge in [0, 0.05) is 29.9 Å². The maximum absolute atomic E-state index is 11.1. The number of aliphatic hydroxyl groups is 1. The van der Waals surface area contributed by atoms with Gasteiger partial charge >= 0.3 is 0 Å². The van der Waals surface area contributed by atoms with Crippen molar-refractivity contribution in [1.82, 2.24) is 14.7 Å². The molecule has 1 aliphatic heterocycles. The number of hydrogen-bond acceptors (Lipinski definition) is 4. The van der Waals surface area contributed by atoms with Crippen LogP contribution in [0, 0.1) is 6.92 Å². The minimum atomic E-state index is -0.0837. The van der Waals surface area contributed by atoms with Crippen LogP contribution in [0.1, 0.15) is 29.8 Å². The first kappa shape index (κ1) is 15.6. The van der Waals surface area contributed by atoms with Crippen molar-refractivity contribution in [2.45, 2.75) is 32.9 Å². The molecule has 0 fully saturated rings. The van der Waals surface area contributed by atoms with E-state index in [9.17, 15) is 9.90 Å². The highest BCUT2D eigenvalue weighted by molar-refractivity contribution is 5.62. The van der Waals surface area contributed by atoms with E-state index in [0.29, 0.717) is 13.1 Å². The molecule has 3 rings (SSSR count). The number of carbonyl (C=O) groups excluding carboxylic acids is 1. The number of hydrogen-bond donors (Lipinski definition) is 2. The van der Waals surface area contributed by atoms with Crippen molar-refractivity contribution in [2.75, 3.05) is 18.5 Å². The third-order valence-corrected chi connectivity index (χ3v) is 4.23. The monoisotopic (exact) mass is 314 g/mol. The first-order valence-corrected chi connectivity index (χ1v) is 7.86. The molecule has 1 amide bonds. The van der Waals surface area contributed by atoms with Gasteiger partial charge in [-0.3, -0.25) is 9.48 Å². The number of aryl methyl sites for hydroxylation is 1. The summed E-state index contributed by atoms with van der Waals surface area (Å²) < 4.78 is 1.88. The van der Waals surface area contributed by atoms with Gasteiger partial charge in [0.05, 0.1) is 19.2 Å². The normalized spacial score (nSPS) is 15.2. The van der Waals surface area contributed by atoms with Gasteiger partial charge in [-0.25, -0.2) is 0 Å². The number of rotatable bonds is 5. The SMILES string of the molecule is Cc1cccc(Nc2nn(C(C)CO)c3c2CN(C=O)CC3)c1. The molecule has 23 heavy (non-hydrogen) atoms. The first-order chi connectivity index (χ1) is 11.1. The van der Waals surface area contributed by atoms with Gasteiger partial charge < -0.3 is 15.3 Å². The Bertz CT molecular complexity index is 711. The molecule has 1 aromatic carbocycles. The minimum Gasteiger partial charge on any atom is -0.394 e. The van der Waals surface area contributed by atoms with E-state index >= 15 is 0 Å². The summed E-state index contributed by atoms with van der Waals surface area (Å²) >= 11 is 0. The van der Waals surface area contributed by atoms with Crippen LogP contribution in [0.25, 0.3) is 0 Å². The zero-order chi connectivity index (χ0) is 16.4. The van der Waals surface area contributed by atoms with E-state index in [-0.39, 0.29) is 12.6 Å². The van der Waals surface area contributed by atoms with Crippen LogP contribution in [0.15, 0.2) is 24.3 Å². The number of aromatic nitrogens is 2. The van der Waals surface area contributed by atoms with Crippen molar-refractivity contribution in [1.29, 1.82) is 0 Å². The van der Waals surface area contributed by atoms with Crippen LogP contribution >= 0.6 is 0 Å². The Hall–Kier alpha value is -2.34.